The van der Waals surface area contributed by atoms with Gasteiger partial charge in [-0.05, 0) is 41.5 Å². The maximum absolute atomic E-state index is 13.4. The number of hydrogen-bond donors (Lipinski definition) is 1. The molecule has 2 aromatic carbocycles. The first-order valence-corrected chi connectivity index (χ1v) is 13.9. The third-order valence-electron chi connectivity index (χ3n) is 6.70. The number of likely N-dealkylation sites (tertiary alicyclic amines) is 1. The van der Waals surface area contributed by atoms with Gasteiger partial charge in [0, 0.05) is 49.6 Å². The Kier molecular flexibility index (Phi) is 5.48. The largest absolute Gasteiger partial charge is 0.375 e. The Bertz CT molecular complexity index is 1760. The van der Waals surface area contributed by atoms with Crippen LogP contribution in [0, 0.1) is 0 Å². The van der Waals surface area contributed by atoms with Crippen molar-refractivity contribution in [3.05, 3.63) is 90.9 Å². The van der Waals surface area contributed by atoms with Crippen LogP contribution >= 0.6 is 11.3 Å². The molecule has 1 fully saturated rings. The molecule has 3 aromatic heterocycles. The van der Waals surface area contributed by atoms with Crippen molar-refractivity contribution in [1.29, 1.82) is 0 Å². The van der Waals surface area contributed by atoms with Gasteiger partial charge >= 0.3 is 0 Å². The van der Waals surface area contributed by atoms with Crippen molar-refractivity contribution in [2.45, 2.75) is 16.9 Å². The molecule has 1 aliphatic rings. The van der Waals surface area contributed by atoms with E-state index in [0.717, 1.165) is 10.4 Å². The Hall–Kier alpha value is -3.86. The average molecular weight is 531 g/mol. The molecule has 1 atom stereocenters. The summed E-state index contributed by atoms with van der Waals surface area (Å²) in [6.07, 6.45) is 5.18. The predicted molar refractivity (Wildman–Crippen MR) is 141 cm³/mol. The van der Waals surface area contributed by atoms with E-state index in [2.05, 4.69) is 9.97 Å². The van der Waals surface area contributed by atoms with Gasteiger partial charge in [-0.2, -0.15) is 0 Å². The number of carbonyl (C=O) groups is 1. The normalized spacial score (nSPS) is 18.1. The van der Waals surface area contributed by atoms with E-state index >= 15 is 0 Å². The number of nitrogens with zero attached hydrogens (tertiary/aromatic N) is 4. The summed E-state index contributed by atoms with van der Waals surface area (Å²) in [6, 6.07) is 19.1. The lowest BCUT2D eigenvalue weighted by molar-refractivity contribution is -0.143. The summed E-state index contributed by atoms with van der Waals surface area (Å²) in [4.78, 5) is 24.1. The van der Waals surface area contributed by atoms with Crippen LogP contribution < -0.4 is 0 Å². The molecule has 6 rings (SSSR count). The molecule has 1 aliphatic heterocycles. The third-order valence-corrected chi connectivity index (χ3v) is 9.45. The third kappa shape index (κ3) is 3.76. The molecule has 1 unspecified atom stereocenters. The first kappa shape index (κ1) is 23.5. The zero-order valence-electron chi connectivity index (χ0n) is 19.8. The molecular formula is C27H22N4O4S2. The second-order valence-corrected chi connectivity index (χ2v) is 11.8. The monoisotopic (exact) mass is 530 g/mol. The molecule has 0 bridgehead atoms. The van der Waals surface area contributed by atoms with Gasteiger partial charge in [0.25, 0.3) is 15.9 Å². The van der Waals surface area contributed by atoms with E-state index in [1.54, 1.807) is 68.1 Å². The number of amides is 1. The number of rotatable bonds is 5. The highest BCUT2D eigenvalue weighted by molar-refractivity contribution is 7.90. The van der Waals surface area contributed by atoms with Crippen molar-refractivity contribution < 1.29 is 18.3 Å². The summed E-state index contributed by atoms with van der Waals surface area (Å²) in [6.45, 7) is 0.494. The van der Waals surface area contributed by atoms with Gasteiger partial charge in [-0.15, -0.1) is 11.3 Å². The Labute approximate surface area is 217 Å². The lowest BCUT2D eigenvalue weighted by Crippen LogP contribution is -2.36. The summed E-state index contributed by atoms with van der Waals surface area (Å²) in [7, 11) is -2.18. The van der Waals surface area contributed by atoms with E-state index in [1.165, 1.54) is 20.2 Å². The number of carbonyl (C=O) groups excluding carboxylic acids is 1. The molecule has 5 aromatic rings. The molecular weight excluding hydrogens is 508 g/mol. The Morgan fingerprint density at radius 1 is 1.03 bits per heavy atom. The first-order chi connectivity index (χ1) is 17.8. The maximum Gasteiger partial charge on any atom is 0.269 e. The van der Waals surface area contributed by atoms with Crippen LogP contribution in [0.15, 0.2) is 90.2 Å². The summed E-state index contributed by atoms with van der Waals surface area (Å²) in [5.74, 6) is -0.311. The van der Waals surface area contributed by atoms with E-state index < -0.39 is 15.6 Å². The Morgan fingerprint density at radius 2 is 1.84 bits per heavy atom. The number of benzene rings is 2. The van der Waals surface area contributed by atoms with Gasteiger partial charge in [-0.3, -0.25) is 4.79 Å². The molecule has 0 radical (unpaired) electrons. The zero-order valence-corrected chi connectivity index (χ0v) is 21.4. The minimum absolute atomic E-state index is 0.172. The number of pyridine rings is 1. The van der Waals surface area contributed by atoms with Gasteiger partial charge < -0.3 is 10.0 Å². The number of fused-ring (bicyclic) bond motifs is 1. The van der Waals surface area contributed by atoms with Crippen LogP contribution in [-0.2, 0) is 20.4 Å². The first-order valence-electron chi connectivity index (χ1n) is 11.6. The number of hydrogen-bond acceptors (Lipinski definition) is 7. The quantitative estimate of drug-likeness (QED) is 0.367. The summed E-state index contributed by atoms with van der Waals surface area (Å²) < 4.78 is 28.0. The highest BCUT2D eigenvalue weighted by Crippen LogP contribution is 2.39. The number of likely N-dealkylation sites (N-methyl/N-ethyl adjacent to an activating group) is 1. The topological polar surface area (TPSA) is 105 Å². The number of thiazole rings is 1. The molecule has 0 aliphatic carbocycles. The van der Waals surface area contributed by atoms with Crippen LogP contribution in [0.4, 0.5) is 0 Å². The molecule has 37 heavy (non-hydrogen) atoms. The van der Waals surface area contributed by atoms with Gasteiger partial charge in [0.05, 0.1) is 9.77 Å². The summed E-state index contributed by atoms with van der Waals surface area (Å²) >= 11 is 1.40. The highest BCUT2D eigenvalue weighted by Gasteiger charge is 2.45. The molecule has 186 valence electrons. The molecule has 10 heteroatoms. The van der Waals surface area contributed by atoms with E-state index in [1.807, 2.05) is 24.3 Å². The minimum Gasteiger partial charge on any atom is -0.375 e. The van der Waals surface area contributed by atoms with Gasteiger partial charge in [-0.25, -0.2) is 22.4 Å². The second-order valence-electron chi connectivity index (χ2n) is 8.98. The van der Waals surface area contributed by atoms with Crippen molar-refractivity contribution in [1.82, 2.24) is 18.8 Å². The van der Waals surface area contributed by atoms with Crippen LogP contribution in [-0.4, -0.2) is 51.9 Å². The summed E-state index contributed by atoms with van der Waals surface area (Å²) in [5, 5.41) is 12.4. The standard InChI is InChI=1S/C27H22N4O4S2/c1-30-14-12-27(33,26(30)32)19-8-5-7-18(15-19)23-16-29-25(36-23)22-17-31(24-21(22)11-6-13-28-24)37(34,35)20-9-3-2-4-10-20/h2-11,13,15-17,33H,12,14H2,1H3. The second kappa shape index (κ2) is 8.62. The lowest BCUT2D eigenvalue weighted by atomic mass is 9.91. The maximum atomic E-state index is 13.4. The van der Waals surface area contributed by atoms with Crippen LogP contribution in [0.1, 0.15) is 12.0 Å². The molecule has 8 nitrogen and oxygen atoms in total. The minimum atomic E-state index is -3.86. The molecule has 1 N–H and O–H groups in total. The van der Waals surface area contributed by atoms with Gasteiger partial charge in [0.2, 0.25) is 0 Å². The van der Waals surface area contributed by atoms with Crippen molar-refractivity contribution in [2.75, 3.05) is 13.6 Å². The van der Waals surface area contributed by atoms with E-state index in [4.69, 9.17) is 0 Å². The van der Waals surface area contributed by atoms with Crippen LogP contribution in [0.25, 0.3) is 32.0 Å². The van der Waals surface area contributed by atoms with Crippen molar-refractivity contribution in [3.8, 4) is 21.0 Å². The fourth-order valence-electron chi connectivity index (χ4n) is 4.67. The SMILES string of the molecule is CN1CCC(O)(c2cccc(-c3cnc(-c4cn(S(=O)(=O)c5ccccc5)c5ncccc45)s3)c2)C1=O. The van der Waals surface area contributed by atoms with Gasteiger partial charge in [0.1, 0.15) is 5.01 Å². The predicted octanol–water partition coefficient (Wildman–Crippen LogP) is 4.11. The number of aromatic nitrogens is 3. The van der Waals surface area contributed by atoms with Crippen LogP contribution in [0.5, 0.6) is 0 Å². The van der Waals surface area contributed by atoms with E-state index in [0.29, 0.717) is 40.1 Å². The molecule has 0 saturated carbocycles. The average Bonchev–Trinajstić information content (AvgIpc) is 3.63. The van der Waals surface area contributed by atoms with E-state index in [-0.39, 0.29) is 10.8 Å². The van der Waals surface area contributed by atoms with E-state index in [9.17, 15) is 18.3 Å². The van der Waals surface area contributed by atoms with Gasteiger partial charge in [0.15, 0.2) is 11.2 Å². The Morgan fingerprint density at radius 3 is 2.59 bits per heavy atom. The number of aliphatic hydroxyl groups is 1. The Balaban J connectivity index is 1.42. The molecule has 1 amide bonds. The lowest BCUT2D eigenvalue weighted by Gasteiger charge is -2.21. The zero-order chi connectivity index (χ0) is 25.8. The smallest absolute Gasteiger partial charge is 0.269 e. The molecule has 4 heterocycles. The van der Waals surface area contributed by atoms with Crippen molar-refractivity contribution in [3.63, 3.8) is 0 Å². The fraction of sp³-hybridized carbons (Fsp3) is 0.148. The molecule has 1 saturated heterocycles. The van der Waals surface area contributed by atoms with Crippen LogP contribution in [0.2, 0.25) is 0 Å². The van der Waals surface area contributed by atoms with Crippen molar-refractivity contribution >= 4 is 38.3 Å². The highest BCUT2D eigenvalue weighted by atomic mass is 32.2. The van der Waals surface area contributed by atoms with Gasteiger partial charge in [-0.1, -0.05) is 36.4 Å². The fourth-order valence-corrected chi connectivity index (χ4v) is 6.96. The summed E-state index contributed by atoms with van der Waals surface area (Å²) in [5.41, 5.74) is 0.802. The molecule has 0 spiro atoms. The van der Waals surface area contributed by atoms with Crippen LogP contribution in [0.3, 0.4) is 0 Å². The van der Waals surface area contributed by atoms with Crippen molar-refractivity contribution in [2.24, 2.45) is 0 Å².